The van der Waals surface area contributed by atoms with Crippen LogP contribution in [-0.2, 0) is 6.54 Å². The Morgan fingerprint density at radius 2 is 1.90 bits per heavy atom. The van der Waals surface area contributed by atoms with Crippen LogP contribution in [0, 0.1) is 6.92 Å². The number of hydrogen-bond donors (Lipinski definition) is 1. The molecule has 5 heteroatoms. The molecule has 0 aliphatic carbocycles. The molecule has 0 unspecified atom stereocenters. The molecule has 0 bridgehead atoms. The predicted octanol–water partition coefficient (Wildman–Crippen LogP) is 3.52. The second-order valence-electron chi connectivity index (χ2n) is 4.38. The second kappa shape index (κ2) is 5.79. The van der Waals surface area contributed by atoms with Crippen LogP contribution >= 0.6 is 11.3 Å². The van der Waals surface area contributed by atoms with Gasteiger partial charge in [0.1, 0.15) is 5.82 Å². The number of nitrogens with one attached hydrogen (secondary N) is 1. The molecule has 3 rings (SSSR count). The van der Waals surface area contributed by atoms with Crippen molar-refractivity contribution in [3.63, 3.8) is 0 Å². The van der Waals surface area contributed by atoms with Crippen LogP contribution in [0.25, 0.3) is 11.3 Å². The molecular weight excluding hydrogens is 268 g/mol. The van der Waals surface area contributed by atoms with E-state index in [1.54, 1.807) is 11.3 Å². The molecule has 0 amide bonds. The number of nitrogens with zero attached hydrogens (tertiary/aromatic N) is 3. The van der Waals surface area contributed by atoms with Gasteiger partial charge < -0.3 is 5.32 Å². The van der Waals surface area contributed by atoms with E-state index in [0.29, 0.717) is 6.54 Å². The first-order valence-electron chi connectivity index (χ1n) is 6.35. The maximum Gasteiger partial charge on any atom is 0.149 e. The smallest absolute Gasteiger partial charge is 0.149 e. The molecule has 0 saturated heterocycles. The standard InChI is InChI=1S/C15H14N4S/c1-11-17-13(10-20-11)9-16-15-8-7-14(18-19-15)12-5-3-2-4-6-12/h2-8,10H,9H2,1H3,(H,16,19). The summed E-state index contributed by atoms with van der Waals surface area (Å²) in [7, 11) is 0. The highest BCUT2D eigenvalue weighted by Crippen LogP contribution is 2.16. The fraction of sp³-hybridized carbons (Fsp3) is 0.133. The number of rotatable bonds is 4. The lowest BCUT2D eigenvalue weighted by molar-refractivity contribution is 0.985. The number of anilines is 1. The molecule has 1 aromatic carbocycles. The van der Waals surface area contributed by atoms with Crippen LogP contribution in [0.5, 0.6) is 0 Å². The summed E-state index contributed by atoms with van der Waals surface area (Å²) >= 11 is 1.65. The summed E-state index contributed by atoms with van der Waals surface area (Å²) in [6.45, 7) is 2.67. The molecule has 20 heavy (non-hydrogen) atoms. The van der Waals surface area contributed by atoms with Crippen molar-refractivity contribution in [2.75, 3.05) is 5.32 Å². The molecule has 0 aliphatic rings. The van der Waals surface area contributed by atoms with E-state index in [4.69, 9.17) is 0 Å². The van der Waals surface area contributed by atoms with Gasteiger partial charge in [0.15, 0.2) is 0 Å². The molecule has 100 valence electrons. The van der Waals surface area contributed by atoms with Gasteiger partial charge in [-0.1, -0.05) is 30.3 Å². The summed E-state index contributed by atoms with van der Waals surface area (Å²) in [5.74, 6) is 0.760. The Kier molecular flexibility index (Phi) is 3.69. The van der Waals surface area contributed by atoms with Gasteiger partial charge in [0.2, 0.25) is 0 Å². The van der Waals surface area contributed by atoms with E-state index in [0.717, 1.165) is 27.8 Å². The molecule has 2 aromatic heterocycles. The van der Waals surface area contributed by atoms with E-state index in [-0.39, 0.29) is 0 Å². The van der Waals surface area contributed by atoms with Gasteiger partial charge in [-0.2, -0.15) is 0 Å². The van der Waals surface area contributed by atoms with E-state index in [1.165, 1.54) is 0 Å². The van der Waals surface area contributed by atoms with E-state index in [9.17, 15) is 0 Å². The number of aromatic nitrogens is 3. The molecule has 0 saturated carbocycles. The molecule has 0 aliphatic heterocycles. The molecule has 2 heterocycles. The van der Waals surface area contributed by atoms with Gasteiger partial charge in [0.25, 0.3) is 0 Å². The Morgan fingerprint density at radius 3 is 2.55 bits per heavy atom. The number of hydrogen-bond acceptors (Lipinski definition) is 5. The first-order chi connectivity index (χ1) is 9.81. The summed E-state index contributed by atoms with van der Waals surface area (Å²) < 4.78 is 0. The Balaban J connectivity index is 1.67. The fourth-order valence-electron chi connectivity index (χ4n) is 1.86. The van der Waals surface area contributed by atoms with Crippen molar-refractivity contribution in [2.45, 2.75) is 13.5 Å². The third-order valence-electron chi connectivity index (χ3n) is 2.85. The van der Waals surface area contributed by atoms with E-state index < -0.39 is 0 Å². The Morgan fingerprint density at radius 1 is 1.05 bits per heavy atom. The van der Waals surface area contributed by atoms with Gasteiger partial charge in [0, 0.05) is 10.9 Å². The lowest BCUT2D eigenvalue weighted by atomic mass is 10.1. The highest BCUT2D eigenvalue weighted by molar-refractivity contribution is 7.09. The van der Waals surface area contributed by atoms with Gasteiger partial charge in [-0.15, -0.1) is 21.5 Å². The van der Waals surface area contributed by atoms with Crippen LogP contribution in [0.2, 0.25) is 0 Å². The molecular formula is C15H14N4S. The summed E-state index contributed by atoms with van der Waals surface area (Å²) in [6, 6.07) is 13.9. The summed E-state index contributed by atoms with van der Waals surface area (Å²) in [5, 5.41) is 14.8. The minimum absolute atomic E-state index is 0.670. The average Bonchev–Trinajstić information content (AvgIpc) is 2.92. The lowest BCUT2D eigenvalue weighted by Gasteiger charge is -2.04. The van der Waals surface area contributed by atoms with E-state index in [1.807, 2.05) is 54.8 Å². The van der Waals surface area contributed by atoms with Crippen LogP contribution in [-0.4, -0.2) is 15.2 Å². The fourth-order valence-corrected chi connectivity index (χ4v) is 2.47. The maximum absolute atomic E-state index is 4.40. The van der Waals surface area contributed by atoms with Crippen molar-refractivity contribution in [2.24, 2.45) is 0 Å². The Labute approximate surface area is 121 Å². The molecule has 0 radical (unpaired) electrons. The highest BCUT2D eigenvalue weighted by Gasteiger charge is 2.02. The minimum atomic E-state index is 0.670. The van der Waals surface area contributed by atoms with Crippen LogP contribution in [0.15, 0.2) is 47.8 Å². The summed E-state index contributed by atoms with van der Waals surface area (Å²) in [6.07, 6.45) is 0. The van der Waals surface area contributed by atoms with E-state index >= 15 is 0 Å². The topological polar surface area (TPSA) is 50.7 Å². The average molecular weight is 282 g/mol. The minimum Gasteiger partial charge on any atom is -0.363 e. The predicted molar refractivity (Wildman–Crippen MR) is 81.6 cm³/mol. The number of thiazole rings is 1. The Hall–Kier alpha value is -2.27. The van der Waals surface area contributed by atoms with Gasteiger partial charge in [0.05, 0.1) is 22.9 Å². The lowest BCUT2D eigenvalue weighted by Crippen LogP contribution is -2.02. The van der Waals surface area contributed by atoms with Crippen molar-refractivity contribution in [1.29, 1.82) is 0 Å². The van der Waals surface area contributed by atoms with Gasteiger partial charge in [-0.05, 0) is 19.1 Å². The molecule has 3 aromatic rings. The highest BCUT2D eigenvalue weighted by atomic mass is 32.1. The second-order valence-corrected chi connectivity index (χ2v) is 5.44. The first-order valence-corrected chi connectivity index (χ1v) is 7.23. The summed E-state index contributed by atoms with van der Waals surface area (Å²) in [4.78, 5) is 4.40. The van der Waals surface area contributed by atoms with Crippen molar-refractivity contribution < 1.29 is 0 Å². The Bertz CT molecular complexity index is 677. The van der Waals surface area contributed by atoms with Gasteiger partial charge >= 0.3 is 0 Å². The van der Waals surface area contributed by atoms with Crippen molar-refractivity contribution in [1.82, 2.24) is 15.2 Å². The van der Waals surface area contributed by atoms with Crippen molar-refractivity contribution in [3.8, 4) is 11.3 Å². The van der Waals surface area contributed by atoms with Crippen LogP contribution < -0.4 is 5.32 Å². The third kappa shape index (κ3) is 3.00. The molecule has 1 N–H and O–H groups in total. The van der Waals surface area contributed by atoms with Crippen LogP contribution in [0.3, 0.4) is 0 Å². The summed E-state index contributed by atoms with van der Waals surface area (Å²) in [5.41, 5.74) is 2.98. The zero-order chi connectivity index (χ0) is 13.8. The normalized spacial score (nSPS) is 10.4. The van der Waals surface area contributed by atoms with Crippen LogP contribution in [0.4, 0.5) is 5.82 Å². The monoisotopic (exact) mass is 282 g/mol. The molecule has 4 nitrogen and oxygen atoms in total. The van der Waals surface area contributed by atoms with E-state index in [2.05, 4.69) is 20.5 Å². The molecule has 0 spiro atoms. The molecule has 0 fully saturated rings. The van der Waals surface area contributed by atoms with Crippen molar-refractivity contribution in [3.05, 3.63) is 58.5 Å². The van der Waals surface area contributed by atoms with Gasteiger partial charge in [-0.25, -0.2) is 4.98 Å². The largest absolute Gasteiger partial charge is 0.363 e. The number of aryl methyl sites for hydroxylation is 1. The van der Waals surface area contributed by atoms with Crippen LogP contribution in [0.1, 0.15) is 10.7 Å². The zero-order valence-corrected chi connectivity index (χ0v) is 11.9. The molecule has 0 atom stereocenters. The maximum atomic E-state index is 4.40. The SMILES string of the molecule is Cc1nc(CNc2ccc(-c3ccccc3)nn2)cs1. The zero-order valence-electron chi connectivity index (χ0n) is 11.1. The third-order valence-corrected chi connectivity index (χ3v) is 3.67. The van der Waals surface area contributed by atoms with Gasteiger partial charge in [-0.3, -0.25) is 0 Å². The number of benzene rings is 1. The first kappa shape index (κ1) is 12.7. The quantitative estimate of drug-likeness (QED) is 0.795. The van der Waals surface area contributed by atoms with Crippen molar-refractivity contribution >= 4 is 17.2 Å².